The average molecular weight is 537 g/mol. The molecule has 0 fully saturated rings. The summed E-state index contributed by atoms with van der Waals surface area (Å²) >= 11 is 0. The highest BCUT2D eigenvalue weighted by Crippen LogP contribution is 2.18. The number of hydrogen-bond acceptors (Lipinski definition) is 5. The molecule has 0 radical (unpaired) electrons. The van der Waals surface area contributed by atoms with E-state index in [1.54, 1.807) is 78.9 Å². The Morgan fingerprint density at radius 1 is 0.650 bits per heavy atom. The van der Waals surface area contributed by atoms with Crippen molar-refractivity contribution in [1.82, 2.24) is 16.2 Å². The number of hydrazine groups is 1. The third kappa shape index (κ3) is 7.11. The molecular formula is C31H28N4O5. The fourth-order valence-electron chi connectivity index (χ4n) is 3.97. The quantitative estimate of drug-likeness (QED) is 0.243. The number of nitrogens with one attached hydrogen (secondary N) is 4. The van der Waals surface area contributed by atoms with Crippen molar-refractivity contribution in [2.45, 2.75) is 12.5 Å². The van der Waals surface area contributed by atoms with E-state index in [9.17, 15) is 19.2 Å². The second-order valence-electron chi connectivity index (χ2n) is 8.73. The van der Waals surface area contributed by atoms with Crippen LogP contribution in [0.5, 0.6) is 5.75 Å². The number of para-hydroxylation sites is 2. The van der Waals surface area contributed by atoms with Gasteiger partial charge in [-0.3, -0.25) is 30.0 Å². The Hall–Kier alpha value is -5.44. The summed E-state index contributed by atoms with van der Waals surface area (Å²) in [5.74, 6) is -1.82. The molecule has 0 unspecified atom stereocenters. The molecule has 0 saturated heterocycles. The second kappa shape index (κ2) is 13.4. The number of amides is 4. The van der Waals surface area contributed by atoms with Crippen molar-refractivity contribution >= 4 is 29.3 Å². The van der Waals surface area contributed by atoms with Gasteiger partial charge in [0.05, 0.1) is 23.9 Å². The Morgan fingerprint density at radius 3 is 1.95 bits per heavy atom. The summed E-state index contributed by atoms with van der Waals surface area (Å²) in [7, 11) is 1.44. The van der Waals surface area contributed by atoms with E-state index in [1.165, 1.54) is 7.11 Å². The fraction of sp³-hybridized carbons (Fsp3) is 0.0968. The molecule has 40 heavy (non-hydrogen) atoms. The first-order valence-corrected chi connectivity index (χ1v) is 12.5. The molecule has 9 nitrogen and oxygen atoms in total. The van der Waals surface area contributed by atoms with Crippen LogP contribution in [0.25, 0.3) is 0 Å². The van der Waals surface area contributed by atoms with Gasteiger partial charge >= 0.3 is 0 Å². The minimum absolute atomic E-state index is 0.154. The lowest BCUT2D eigenvalue weighted by Gasteiger charge is -2.20. The molecule has 0 bridgehead atoms. The van der Waals surface area contributed by atoms with E-state index in [0.29, 0.717) is 11.3 Å². The molecule has 1 atom stereocenters. The Labute approximate surface area is 231 Å². The Kier molecular flexibility index (Phi) is 9.23. The van der Waals surface area contributed by atoms with Crippen molar-refractivity contribution in [3.8, 4) is 5.75 Å². The Balaban J connectivity index is 1.50. The average Bonchev–Trinajstić information content (AvgIpc) is 3.00. The normalized spacial score (nSPS) is 11.0. The van der Waals surface area contributed by atoms with E-state index in [1.807, 2.05) is 30.3 Å². The molecule has 0 heterocycles. The van der Waals surface area contributed by atoms with Gasteiger partial charge in [0.1, 0.15) is 11.8 Å². The van der Waals surface area contributed by atoms with Crippen molar-refractivity contribution in [2.75, 3.05) is 12.4 Å². The highest BCUT2D eigenvalue weighted by molar-refractivity contribution is 6.09. The van der Waals surface area contributed by atoms with Crippen LogP contribution in [0, 0.1) is 0 Å². The molecule has 4 aromatic carbocycles. The van der Waals surface area contributed by atoms with Crippen LogP contribution in [0.2, 0.25) is 0 Å². The van der Waals surface area contributed by atoms with Gasteiger partial charge in [-0.05, 0) is 42.0 Å². The molecule has 4 rings (SSSR count). The molecule has 0 spiro atoms. The van der Waals surface area contributed by atoms with Crippen molar-refractivity contribution in [3.63, 3.8) is 0 Å². The molecule has 0 saturated carbocycles. The zero-order chi connectivity index (χ0) is 28.3. The van der Waals surface area contributed by atoms with Crippen LogP contribution in [-0.2, 0) is 11.2 Å². The lowest BCUT2D eigenvalue weighted by Crippen LogP contribution is -2.53. The smallest absolute Gasteiger partial charge is 0.273 e. The molecule has 4 N–H and O–H groups in total. The minimum atomic E-state index is -1.05. The summed E-state index contributed by atoms with van der Waals surface area (Å²) in [5.41, 5.74) is 6.71. The second-order valence-corrected chi connectivity index (χ2v) is 8.73. The fourth-order valence-corrected chi connectivity index (χ4v) is 3.97. The topological polar surface area (TPSA) is 126 Å². The molecular weight excluding hydrogens is 508 g/mol. The van der Waals surface area contributed by atoms with Crippen LogP contribution in [0.3, 0.4) is 0 Å². The van der Waals surface area contributed by atoms with Crippen molar-refractivity contribution < 1.29 is 23.9 Å². The third-order valence-electron chi connectivity index (χ3n) is 6.01. The van der Waals surface area contributed by atoms with Gasteiger partial charge in [-0.1, -0.05) is 72.8 Å². The molecule has 0 aliphatic rings. The summed E-state index contributed by atoms with van der Waals surface area (Å²) in [6.45, 7) is 0. The van der Waals surface area contributed by atoms with Gasteiger partial charge in [0.15, 0.2) is 0 Å². The summed E-state index contributed by atoms with van der Waals surface area (Å²) < 4.78 is 5.21. The van der Waals surface area contributed by atoms with Gasteiger partial charge in [-0.15, -0.1) is 0 Å². The number of methoxy groups -OCH3 is 1. The van der Waals surface area contributed by atoms with Crippen molar-refractivity contribution in [3.05, 3.63) is 131 Å². The molecule has 202 valence electrons. The highest BCUT2D eigenvalue weighted by Gasteiger charge is 2.24. The maximum Gasteiger partial charge on any atom is 0.273 e. The van der Waals surface area contributed by atoms with Gasteiger partial charge < -0.3 is 15.4 Å². The van der Waals surface area contributed by atoms with E-state index in [2.05, 4.69) is 21.5 Å². The Bertz CT molecular complexity index is 1490. The van der Waals surface area contributed by atoms with Gasteiger partial charge in [0.25, 0.3) is 23.6 Å². The number of hydrogen-bond donors (Lipinski definition) is 4. The standard InChI is InChI=1S/C31H28N4O5/c1-40-27-19-11-9-17-24(27)30(38)34-35-31(39)26(20-21-12-4-2-5-13-21)33-29(37)23-16-8-10-18-25(23)32-28(36)22-14-6-3-7-15-22/h2-19,26H,20H2,1H3,(H,32,36)(H,33,37)(H,34,38)(H,35,39)/t26-/m0/s1. The van der Waals surface area contributed by atoms with E-state index < -0.39 is 23.8 Å². The Morgan fingerprint density at radius 2 is 1.25 bits per heavy atom. The molecule has 0 aliphatic heterocycles. The SMILES string of the molecule is COc1ccccc1C(=O)NNC(=O)[C@H](Cc1ccccc1)NC(=O)c1ccccc1NC(=O)c1ccccc1. The number of carbonyl (C=O) groups excluding carboxylic acids is 4. The van der Waals surface area contributed by atoms with Crippen molar-refractivity contribution in [2.24, 2.45) is 0 Å². The molecule has 0 aromatic heterocycles. The van der Waals surface area contributed by atoms with Crippen LogP contribution in [0.1, 0.15) is 36.6 Å². The first-order valence-electron chi connectivity index (χ1n) is 12.5. The number of anilines is 1. The van der Waals surface area contributed by atoms with Gasteiger partial charge in [-0.2, -0.15) is 0 Å². The lowest BCUT2D eigenvalue weighted by molar-refractivity contribution is -0.123. The van der Waals surface area contributed by atoms with Gasteiger partial charge in [-0.25, -0.2) is 0 Å². The first-order chi connectivity index (χ1) is 19.5. The van der Waals surface area contributed by atoms with E-state index >= 15 is 0 Å². The van der Waals surface area contributed by atoms with E-state index in [-0.39, 0.29) is 29.1 Å². The van der Waals surface area contributed by atoms with Gasteiger partial charge in [0, 0.05) is 12.0 Å². The summed E-state index contributed by atoms with van der Waals surface area (Å²) in [6, 6.07) is 29.8. The zero-order valence-electron chi connectivity index (χ0n) is 21.7. The largest absolute Gasteiger partial charge is 0.496 e. The highest BCUT2D eigenvalue weighted by atomic mass is 16.5. The number of carbonyl (C=O) groups is 4. The number of rotatable bonds is 9. The van der Waals surface area contributed by atoms with Crippen LogP contribution < -0.4 is 26.2 Å². The predicted molar refractivity (Wildman–Crippen MR) is 151 cm³/mol. The predicted octanol–water partition coefficient (Wildman–Crippen LogP) is 3.75. The number of ether oxygens (including phenoxy) is 1. The summed E-state index contributed by atoms with van der Waals surface area (Å²) in [4.78, 5) is 52.0. The monoisotopic (exact) mass is 536 g/mol. The summed E-state index contributed by atoms with van der Waals surface area (Å²) in [6.07, 6.45) is 0.154. The maximum absolute atomic E-state index is 13.4. The van der Waals surface area contributed by atoms with Crippen molar-refractivity contribution in [1.29, 1.82) is 0 Å². The lowest BCUT2D eigenvalue weighted by atomic mass is 10.0. The van der Waals surface area contributed by atoms with Crippen LogP contribution in [-0.4, -0.2) is 36.8 Å². The zero-order valence-corrected chi connectivity index (χ0v) is 21.7. The van der Waals surface area contributed by atoms with Crippen LogP contribution >= 0.6 is 0 Å². The molecule has 0 aliphatic carbocycles. The maximum atomic E-state index is 13.4. The minimum Gasteiger partial charge on any atom is -0.496 e. The van der Waals surface area contributed by atoms with Gasteiger partial charge in [0.2, 0.25) is 0 Å². The third-order valence-corrected chi connectivity index (χ3v) is 6.01. The van der Waals surface area contributed by atoms with E-state index in [0.717, 1.165) is 5.56 Å². The molecule has 4 amide bonds. The number of benzene rings is 4. The molecule has 9 heteroatoms. The first kappa shape index (κ1) is 27.6. The molecule has 4 aromatic rings. The van der Waals surface area contributed by atoms with Crippen LogP contribution in [0.15, 0.2) is 109 Å². The summed E-state index contributed by atoms with van der Waals surface area (Å²) in [5, 5.41) is 5.50. The van der Waals surface area contributed by atoms with Crippen LogP contribution in [0.4, 0.5) is 5.69 Å². The van der Waals surface area contributed by atoms with E-state index in [4.69, 9.17) is 4.74 Å².